The van der Waals surface area contributed by atoms with Gasteiger partial charge in [0, 0.05) is 10.9 Å². The average molecular weight is 347 g/mol. The largest absolute Gasteiger partial charge is 0.206 e. The van der Waals surface area contributed by atoms with E-state index in [0.29, 0.717) is 16.5 Å². The number of hydrogen-bond donors (Lipinski definition) is 0. The molecule has 0 aliphatic carbocycles. The summed E-state index contributed by atoms with van der Waals surface area (Å²) in [6.07, 6.45) is 0. The molecule has 0 amide bonds. The highest BCUT2D eigenvalue weighted by molar-refractivity contribution is 9.09. The zero-order chi connectivity index (χ0) is 15.0. The van der Waals surface area contributed by atoms with Crippen LogP contribution >= 0.6 is 15.9 Å². The van der Waals surface area contributed by atoms with Crippen LogP contribution in [0.3, 0.4) is 0 Å². The van der Waals surface area contributed by atoms with Crippen LogP contribution in [0.2, 0.25) is 0 Å². The third kappa shape index (κ3) is 2.46. The summed E-state index contributed by atoms with van der Waals surface area (Å²) in [5.74, 6) is -0.494. The van der Waals surface area contributed by atoms with Gasteiger partial charge in [-0.25, -0.2) is 8.78 Å². The minimum atomic E-state index is -0.317. The molecule has 106 valence electrons. The fourth-order valence-electron chi connectivity index (χ4n) is 2.54. The van der Waals surface area contributed by atoms with Gasteiger partial charge >= 0.3 is 0 Å². The highest BCUT2D eigenvalue weighted by Crippen LogP contribution is 2.37. The summed E-state index contributed by atoms with van der Waals surface area (Å²) >= 11 is 3.56. The molecule has 3 aromatic rings. The molecule has 0 fully saturated rings. The van der Waals surface area contributed by atoms with E-state index in [4.69, 9.17) is 0 Å². The zero-order valence-electron chi connectivity index (χ0n) is 11.4. The molecule has 3 heteroatoms. The first-order chi connectivity index (χ1) is 10.1. The van der Waals surface area contributed by atoms with Gasteiger partial charge in [0.25, 0.3) is 0 Å². The first-order valence-corrected chi connectivity index (χ1v) is 7.57. The summed E-state index contributed by atoms with van der Waals surface area (Å²) in [6.45, 7) is 1.74. The number of halogens is 3. The summed E-state index contributed by atoms with van der Waals surface area (Å²) in [7, 11) is 0. The zero-order valence-corrected chi connectivity index (χ0v) is 13.0. The van der Waals surface area contributed by atoms with E-state index in [0.717, 1.165) is 10.9 Å². The van der Waals surface area contributed by atoms with Gasteiger partial charge < -0.3 is 0 Å². The molecule has 0 aromatic heterocycles. The van der Waals surface area contributed by atoms with Gasteiger partial charge in [0.1, 0.15) is 11.6 Å². The fourth-order valence-corrected chi connectivity index (χ4v) is 3.29. The van der Waals surface area contributed by atoms with E-state index in [9.17, 15) is 8.78 Å². The summed E-state index contributed by atoms with van der Waals surface area (Å²) in [6, 6.07) is 15.7. The lowest BCUT2D eigenvalue weighted by molar-refractivity contribution is 0.604. The van der Waals surface area contributed by atoms with Crippen LogP contribution in [0.4, 0.5) is 8.78 Å². The molecule has 0 aliphatic heterocycles. The minimum Gasteiger partial charge on any atom is -0.206 e. The number of benzene rings is 3. The van der Waals surface area contributed by atoms with Crippen molar-refractivity contribution in [1.29, 1.82) is 0 Å². The maximum absolute atomic E-state index is 14.3. The first kappa shape index (κ1) is 14.2. The molecular formula is C18H13BrF2. The number of hydrogen-bond acceptors (Lipinski definition) is 0. The van der Waals surface area contributed by atoms with E-state index < -0.39 is 0 Å². The molecule has 0 radical (unpaired) electrons. The van der Waals surface area contributed by atoms with E-state index in [1.165, 1.54) is 6.07 Å². The van der Waals surface area contributed by atoms with E-state index in [1.807, 2.05) is 18.2 Å². The molecule has 0 saturated carbocycles. The topological polar surface area (TPSA) is 0 Å². The van der Waals surface area contributed by atoms with E-state index in [-0.39, 0.29) is 16.5 Å². The van der Waals surface area contributed by atoms with Gasteiger partial charge in [-0.2, -0.15) is 0 Å². The van der Waals surface area contributed by atoms with Crippen LogP contribution in [0, 0.1) is 18.6 Å². The quantitative estimate of drug-likeness (QED) is 0.506. The molecule has 0 N–H and O–H groups in total. The van der Waals surface area contributed by atoms with Crippen molar-refractivity contribution in [2.45, 2.75) is 11.8 Å². The highest BCUT2D eigenvalue weighted by Gasteiger charge is 2.18. The third-order valence-electron chi connectivity index (χ3n) is 3.67. The Morgan fingerprint density at radius 2 is 1.52 bits per heavy atom. The molecule has 1 unspecified atom stereocenters. The lowest BCUT2D eigenvalue weighted by Crippen LogP contribution is -2.00. The maximum atomic E-state index is 14.3. The predicted molar refractivity (Wildman–Crippen MR) is 85.8 cm³/mol. The van der Waals surface area contributed by atoms with Crippen molar-refractivity contribution in [3.05, 3.63) is 82.9 Å². The van der Waals surface area contributed by atoms with E-state index in [1.54, 1.807) is 37.3 Å². The van der Waals surface area contributed by atoms with Gasteiger partial charge in [-0.1, -0.05) is 64.5 Å². The Morgan fingerprint density at radius 3 is 2.29 bits per heavy atom. The molecule has 0 aliphatic rings. The van der Waals surface area contributed by atoms with Gasteiger partial charge in [0.05, 0.1) is 4.83 Å². The molecule has 3 aromatic carbocycles. The summed E-state index contributed by atoms with van der Waals surface area (Å²) < 4.78 is 28.2. The lowest BCUT2D eigenvalue weighted by atomic mass is 9.97. The van der Waals surface area contributed by atoms with Gasteiger partial charge in [-0.3, -0.25) is 0 Å². The van der Waals surface area contributed by atoms with Crippen molar-refractivity contribution in [2.24, 2.45) is 0 Å². The normalized spacial score (nSPS) is 12.6. The summed E-state index contributed by atoms with van der Waals surface area (Å²) in [5, 5.41) is 1.34. The molecule has 0 saturated heterocycles. The number of alkyl halides is 1. The molecule has 0 bridgehead atoms. The van der Waals surface area contributed by atoms with Crippen molar-refractivity contribution >= 4 is 26.7 Å². The number of rotatable bonds is 2. The Balaban J connectivity index is 2.21. The lowest BCUT2D eigenvalue weighted by Gasteiger charge is -2.15. The Hall–Kier alpha value is -1.74. The van der Waals surface area contributed by atoms with Gasteiger partial charge in [0.2, 0.25) is 0 Å². The third-order valence-corrected chi connectivity index (χ3v) is 4.66. The fraction of sp³-hybridized carbons (Fsp3) is 0.111. The second kappa shape index (κ2) is 5.57. The molecule has 0 nitrogen and oxygen atoms in total. The second-order valence-electron chi connectivity index (χ2n) is 5.02. The predicted octanol–water partition coefficient (Wildman–Crippen LogP) is 5.91. The molecule has 3 rings (SSSR count). The van der Waals surface area contributed by atoms with Crippen LogP contribution in [0.25, 0.3) is 10.8 Å². The Labute approximate surface area is 130 Å². The highest BCUT2D eigenvalue weighted by atomic mass is 79.9. The maximum Gasteiger partial charge on any atom is 0.131 e. The van der Waals surface area contributed by atoms with Crippen LogP contribution in [0.15, 0.2) is 54.6 Å². The van der Waals surface area contributed by atoms with Crippen LogP contribution in [-0.2, 0) is 0 Å². The smallest absolute Gasteiger partial charge is 0.131 e. The molecular weight excluding hydrogens is 334 g/mol. The number of aryl methyl sites for hydroxylation is 1. The Bertz CT molecular complexity index is 811. The monoisotopic (exact) mass is 346 g/mol. The molecule has 0 heterocycles. The van der Waals surface area contributed by atoms with Crippen molar-refractivity contribution in [3.8, 4) is 0 Å². The standard InChI is InChI=1S/C18H13BrF2/c1-11-5-4-8-15(18(11)21)17(19)14-9-10-16(20)13-7-3-2-6-12(13)14/h2-10,17H,1H3. The number of fused-ring (bicyclic) bond motifs is 1. The van der Waals surface area contributed by atoms with Crippen LogP contribution in [0.5, 0.6) is 0 Å². The van der Waals surface area contributed by atoms with Crippen molar-refractivity contribution in [2.75, 3.05) is 0 Å². The molecule has 1 atom stereocenters. The van der Waals surface area contributed by atoms with E-state index >= 15 is 0 Å². The minimum absolute atomic E-state index is 0.229. The van der Waals surface area contributed by atoms with Crippen LogP contribution in [-0.4, -0.2) is 0 Å². The van der Waals surface area contributed by atoms with Crippen LogP contribution in [0.1, 0.15) is 21.5 Å². The Morgan fingerprint density at radius 1 is 0.810 bits per heavy atom. The Kier molecular flexibility index (Phi) is 3.77. The van der Waals surface area contributed by atoms with Crippen molar-refractivity contribution < 1.29 is 8.78 Å². The summed E-state index contributed by atoms with van der Waals surface area (Å²) in [4.78, 5) is -0.317. The van der Waals surface area contributed by atoms with Gasteiger partial charge in [0.15, 0.2) is 0 Å². The molecule has 0 spiro atoms. The first-order valence-electron chi connectivity index (χ1n) is 6.66. The second-order valence-corrected chi connectivity index (χ2v) is 5.94. The molecule has 21 heavy (non-hydrogen) atoms. The van der Waals surface area contributed by atoms with Crippen LogP contribution < -0.4 is 0 Å². The summed E-state index contributed by atoms with van der Waals surface area (Å²) in [5.41, 5.74) is 2.02. The van der Waals surface area contributed by atoms with E-state index in [2.05, 4.69) is 15.9 Å². The SMILES string of the molecule is Cc1cccc(C(Br)c2ccc(F)c3ccccc23)c1F. The average Bonchev–Trinajstić information content (AvgIpc) is 2.50. The van der Waals surface area contributed by atoms with Gasteiger partial charge in [-0.05, 0) is 29.5 Å². The van der Waals surface area contributed by atoms with Crippen molar-refractivity contribution in [3.63, 3.8) is 0 Å². The van der Waals surface area contributed by atoms with Gasteiger partial charge in [-0.15, -0.1) is 0 Å². The van der Waals surface area contributed by atoms with Crippen molar-refractivity contribution in [1.82, 2.24) is 0 Å².